The van der Waals surface area contributed by atoms with E-state index in [1.165, 1.54) is 0 Å². The molecule has 40 heavy (non-hydrogen) atoms. The van der Waals surface area contributed by atoms with Gasteiger partial charge in [0, 0.05) is 44.5 Å². The van der Waals surface area contributed by atoms with Gasteiger partial charge < -0.3 is 0 Å². The second-order valence-corrected chi connectivity index (χ2v) is 9.45. The molecule has 4 aromatic rings. The van der Waals surface area contributed by atoms with Gasteiger partial charge in [0.1, 0.15) is 0 Å². The zero-order valence-corrected chi connectivity index (χ0v) is 22.4. The van der Waals surface area contributed by atoms with Crippen molar-refractivity contribution in [1.29, 1.82) is 0 Å². The summed E-state index contributed by atoms with van der Waals surface area (Å²) in [7, 11) is 0. The second-order valence-electron chi connectivity index (χ2n) is 9.45. The Kier molecular flexibility index (Phi) is 5.63. The predicted octanol–water partition coefficient (Wildman–Crippen LogP) is 9.02. The maximum Gasteiger partial charge on any atom is 0.0737 e. The first-order chi connectivity index (χ1) is 19.5. The van der Waals surface area contributed by atoms with Gasteiger partial charge in [-0.1, -0.05) is 101 Å². The van der Waals surface area contributed by atoms with Crippen LogP contribution in [0.4, 0.5) is 0 Å². The predicted molar refractivity (Wildman–Crippen MR) is 174 cm³/mol. The van der Waals surface area contributed by atoms with Crippen LogP contribution in [-0.4, -0.2) is 19.0 Å². The average molecular weight is 517 g/mol. The minimum atomic E-state index is 0.796. The van der Waals surface area contributed by atoms with Gasteiger partial charge in [-0.25, -0.2) is 19.0 Å². The Morgan fingerprint density at radius 2 is 0.600 bits per heavy atom. The van der Waals surface area contributed by atoms with Gasteiger partial charge in [0.05, 0.1) is 44.8 Å². The third kappa shape index (κ3) is 3.07. The molecular weight excluding hydrogens is 488 g/mol. The van der Waals surface area contributed by atoms with Crippen molar-refractivity contribution < 1.29 is 0 Å². The molecule has 0 aliphatic carbocycles. The molecule has 0 saturated heterocycles. The van der Waals surface area contributed by atoms with Crippen LogP contribution in [0.2, 0.25) is 0 Å². The Hall–Kier alpha value is -5.48. The third-order valence-electron chi connectivity index (χ3n) is 7.69. The first kappa shape index (κ1) is 24.8. The van der Waals surface area contributed by atoms with Gasteiger partial charge in [0.25, 0.3) is 0 Å². The van der Waals surface area contributed by atoms with Crippen LogP contribution in [0.3, 0.4) is 0 Å². The van der Waals surface area contributed by atoms with Gasteiger partial charge in [-0.2, -0.15) is 0 Å². The lowest BCUT2D eigenvalue weighted by Gasteiger charge is -2.06. The molecular formula is C36H28N4. The summed E-state index contributed by atoms with van der Waals surface area (Å²) in [4.78, 5) is 10.1. The SMILES string of the molecule is C=CC1=C(C=C)c2cc3c(C=C)c(C=C)c4cc5nc(cc6c(C=C)c(C=C)c(cc1n2)n6n34)C(C=C)=C5C=C. The number of hydrogen-bond donors (Lipinski definition) is 0. The fraction of sp³-hybridized carbons (Fsp3) is 0. The van der Waals surface area contributed by atoms with Crippen LogP contribution in [0.1, 0.15) is 45.0 Å². The van der Waals surface area contributed by atoms with Crippen molar-refractivity contribution >= 4 is 68.7 Å². The molecule has 0 aromatic carbocycles. The molecule has 4 bridgehead atoms. The summed E-state index contributed by atoms with van der Waals surface area (Å²) >= 11 is 0. The Morgan fingerprint density at radius 1 is 0.375 bits per heavy atom. The lowest BCUT2D eigenvalue weighted by Crippen LogP contribution is -1.98. The average Bonchev–Trinajstić information content (AvgIpc) is 3.67. The quantitative estimate of drug-likeness (QED) is 0.234. The van der Waals surface area contributed by atoms with Crippen LogP contribution in [-0.2, 0) is 0 Å². The summed E-state index contributed by atoms with van der Waals surface area (Å²) in [6.45, 7) is 33.0. The zero-order chi connectivity index (χ0) is 28.3. The molecule has 6 heterocycles. The maximum atomic E-state index is 5.04. The van der Waals surface area contributed by atoms with Gasteiger partial charge >= 0.3 is 0 Å². The van der Waals surface area contributed by atoms with Crippen LogP contribution in [0, 0.1) is 0 Å². The van der Waals surface area contributed by atoms with E-state index >= 15 is 0 Å². The zero-order valence-electron chi connectivity index (χ0n) is 22.4. The Labute approximate surface area is 233 Å². The summed E-state index contributed by atoms with van der Waals surface area (Å²) < 4.78 is 4.36. The molecule has 0 N–H and O–H groups in total. The molecule has 192 valence electrons. The highest BCUT2D eigenvalue weighted by molar-refractivity contribution is 6.05. The normalized spacial score (nSPS) is 13.1. The van der Waals surface area contributed by atoms with Gasteiger partial charge in [-0.15, -0.1) is 0 Å². The first-order valence-corrected chi connectivity index (χ1v) is 12.9. The highest BCUT2D eigenvalue weighted by Crippen LogP contribution is 2.39. The van der Waals surface area contributed by atoms with E-state index < -0.39 is 0 Å². The van der Waals surface area contributed by atoms with Crippen molar-refractivity contribution in [1.82, 2.24) is 19.0 Å². The van der Waals surface area contributed by atoms with Crippen molar-refractivity contribution in [3.63, 3.8) is 0 Å². The van der Waals surface area contributed by atoms with E-state index in [0.717, 1.165) is 89.4 Å². The van der Waals surface area contributed by atoms with Crippen molar-refractivity contribution in [2.75, 3.05) is 0 Å². The highest BCUT2D eigenvalue weighted by Gasteiger charge is 2.24. The molecule has 0 atom stereocenters. The number of nitrogens with zero attached hydrogens (tertiary/aromatic N) is 4. The van der Waals surface area contributed by atoms with Crippen molar-refractivity contribution in [2.24, 2.45) is 0 Å². The Morgan fingerprint density at radius 3 is 0.775 bits per heavy atom. The van der Waals surface area contributed by atoms with E-state index in [0.29, 0.717) is 0 Å². The van der Waals surface area contributed by atoms with Gasteiger partial charge in [0.15, 0.2) is 0 Å². The molecule has 4 aromatic heterocycles. The van der Waals surface area contributed by atoms with Crippen LogP contribution in [0.25, 0.3) is 68.7 Å². The molecule has 4 heteroatoms. The number of hydrogen-bond acceptors (Lipinski definition) is 2. The monoisotopic (exact) mass is 516 g/mol. The van der Waals surface area contributed by atoms with Crippen LogP contribution in [0.5, 0.6) is 0 Å². The summed E-state index contributed by atoms with van der Waals surface area (Å²) in [6.07, 6.45) is 14.8. The molecule has 0 radical (unpaired) electrons. The lowest BCUT2D eigenvalue weighted by molar-refractivity contribution is 0.925. The van der Waals surface area contributed by atoms with Crippen LogP contribution in [0.15, 0.2) is 101 Å². The van der Waals surface area contributed by atoms with Gasteiger partial charge in [0.2, 0.25) is 0 Å². The molecule has 0 unspecified atom stereocenters. The molecule has 2 aliphatic heterocycles. The minimum absolute atomic E-state index is 0.796. The summed E-state index contributed by atoms with van der Waals surface area (Å²) in [5.41, 5.74) is 14.1. The van der Waals surface area contributed by atoms with E-state index in [2.05, 4.69) is 85.9 Å². The van der Waals surface area contributed by atoms with Crippen LogP contribution >= 0.6 is 0 Å². The lowest BCUT2D eigenvalue weighted by atomic mass is 10.0. The second kappa shape index (κ2) is 9.07. The van der Waals surface area contributed by atoms with E-state index in [4.69, 9.17) is 9.97 Å². The standard InChI is InChI=1S/C36H28N4/c1-9-21-22(10-2)30-18-34-27(15-7)28(16-8)36-20-32-24(12-4)23(11-3)31(38-32)19-35-26(14-6)25(13-5)33(17-29(21)37-30)39(35)40(34)36/h9-20H,1-8H2. The molecule has 4 nitrogen and oxygen atoms in total. The molecule has 6 rings (SSSR count). The van der Waals surface area contributed by atoms with E-state index in [1.807, 2.05) is 48.6 Å². The smallest absolute Gasteiger partial charge is 0.0737 e. The number of aromatic nitrogens is 4. The fourth-order valence-corrected chi connectivity index (χ4v) is 5.98. The van der Waals surface area contributed by atoms with Crippen LogP contribution < -0.4 is 0 Å². The molecule has 0 amide bonds. The fourth-order valence-electron chi connectivity index (χ4n) is 5.98. The summed E-state index contributed by atoms with van der Waals surface area (Å²) in [5.74, 6) is 0. The van der Waals surface area contributed by atoms with E-state index in [9.17, 15) is 0 Å². The molecule has 0 saturated carbocycles. The maximum absolute atomic E-state index is 5.04. The van der Waals surface area contributed by atoms with E-state index in [1.54, 1.807) is 0 Å². The molecule has 0 spiro atoms. The topological polar surface area (TPSA) is 34.6 Å². The Balaban J connectivity index is 2.10. The first-order valence-electron chi connectivity index (χ1n) is 12.9. The minimum Gasteiger partial charge on any atom is -0.248 e. The van der Waals surface area contributed by atoms with Crippen molar-refractivity contribution in [2.45, 2.75) is 0 Å². The largest absolute Gasteiger partial charge is 0.248 e. The summed E-state index contributed by atoms with van der Waals surface area (Å²) in [6, 6.07) is 8.31. The highest BCUT2D eigenvalue weighted by atomic mass is 15.3. The Bertz CT molecular complexity index is 1790. The molecule has 2 aliphatic rings. The van der Waals surface area contributed by atoms with Crippen molar-refractivity contribution in [3.8, 4) is 0 Å². The third-order valence-corrected chi connectivity index (χ3v) is 7.69. The van der Waals surface area contributed by atoms with Gasteiger partial charge in [-0.05, 0) is 24.3 Å². The number of allylic oxidation sites excluding steroid dienone is 8. The van der Waals surface area contributed by atoms with E-state index in [-0.39, 0.29) is 0 Å². The van der Waals surface area contributed by atoms with Crippen molar-refractivity contribution in [3.05, 3.63) is 146 Å². The number of rotatable bonds is 8. The summed E-state index contributed by atoms with van der Waals surface area (Å²) in [5, 5.41) is 0. The van der Waals surface area contributed by atoms with Gasteiger partial charge in [-0.3, -0.25) is 0 Å². The molecule has 0 fully saturated rings. The number of fused-ring (bicyclic) bond motifs is 4.